The van der Waals surface area contributed by atoms with Crippen molar-refractivity contribution < 1.29 is 9.84 Å². The highest BCUT2D eigenvalue weighted by atomic mass is 16.5. The number of aliphatic hydroxyl groups is 1. The minimum absolute atomic E-state index is 0.277. The third kappa shape index (κ3) is 3.71. The van der Waals surface area contributed by atoms with Crippen LogP contribution in [-0.4, -0.2) is 24.4 Å². The Kier molecular flexibility index (Phi) is 5.23. The van der Waals surface area contributed by atoms with Gasteiger partial charge in [0.15, 0.2) is 0 Å². The zero-order chi connectivity index (χ0) is 13.7. The molecule has 1 aromatic carbocycles. The van der Waals surface area contributed by atoms with E-state index in [1.165, 1.54) is 11.1 Å². The van der Waals surface area contributed by atoms with E-state index in [9.17, 15) is 0 Å². The molecule has 1 heterocycles. The van der Waals surface area contributed by atoms with Crippen molar-refractivity contribution in [3.8, 4) is 5.75 Å². The van der Waals surface area contributed by atoms with Gasteiger partial charge < -0.3 is 15.2 Å². The van der Waals surface area contributed by atoms with E-state index in [1.54, 1.807) is 0 Å². The Hall–Kier alpha value is -1.06. The first-order valence-corrected chi connectivity index (χ1v) is 7.37. The van der Waals surface area contributed by atoms with E-state index < -0.39 is 0 Å². The largest absolute Gasteiger partial charge is 0.493 e. The van der Waals surface area contributed by atoms with Gasteiger partial charge in [0, 0.05) is 25.1 Å². The lowest BCUT2D eigenvalue weighted by Gasteiger charge is -2.23. The molecule has 0 amide bonds. The van der Waals surface area contributed by atoms with Crippen LogP contribution >= 0.6 is 0 Å². The van der Waals surface area contributed by atoms with E-state index in [1.807, 2.05) is 0 Å². The molecule has 3 nitrogen and oxygen atoms in total. The van der Waals surface area contributed by atoms with Crippen LogP contribution in [-0.2, 0) is 6.42 Å². The molecule has 19 heavy (non-hydrogen) atoms. The van der Waals surface area contributed by atoms with Crippen molar-refractivity contribution in [2.45, 2.75) is 51.6 Å². The summed E-state index contributed by atoms with van der Waals surface area (Å²) in [4.78, 5) is 0. The van der Waals surface area contributed by atoms with E-state index >= 15 is 0 Å². The fraction of sp³-hybridized carbons (Fsp3) is 0.625. The molecular formula is C16H25NO2. The number of fused-ring (bicyclic) bond motifs is 1. The second-order valence-electron chi connectivity index (χ2n) is 5.36. The topological polar surface area (TPSA) is 41.5 Å². The van der Waals surface area contributed by atoms with Crippen LogP contribution in [0, 0.1) is 0 Å². The van der Waals surface area contributed by atoms with Crippen LogP contribution in [0.2, 0.25) is 0 Å². The van der Waals surface area contributed by atoms with Gasteiger partial charge in [0.2, 0.25) is 0 Å². The second-order valence-corrected chi connectivity index (χ2v) is 5.36. The molecule has 1 aliphatic heterocycles. The molecule has 1 aromatic rings. The smallest absolute Gasteiger partial charge is 0.122 e. The first kappa shape index (κ1) is 14.4. The van der Waals surface area contributed by atoms with Crippen LogP contribution < -0.4 is 10.1 Å². The maximum absolute atomic E-state index is 8.89. The molecule has 0 saturated carbocycles. The monoisotopic (exact) mass is 263 g/mol. The van der Waals surface area contributed by atoms with Crippen molar-refractivity contribution in [2.24, 2.45) is 0 Å². The summed E-state index contributed by atoms with van der Waals surface area (Å²) in [6, 6.07) is 7.37. The van der Waals surface area contributed by atoms with Crippen molar-refractivity contribution in [1.29, 1.82) is 0 Å². The minimum Gasteiger partial charge on any atom is -0.493 e. The average Bonchev–Trinajstić information content (AvgIpc) is 2.89. The molecule has 0 aliphatic carbocycles. The summed E-state index contributed by atoms with van der Waals surface area (Å²) in [5.74, 6) is 1.05. The number of nitrogens with one attached hydrogen (secondary N) is 1. The van der Waals surface area contributed by atoms with E-state index in [0.717, 1.165) is 38.0 Å². The molecule has 0 saturated heterocycles. The highest BCUT2D eigenvalue weighted by Gasteiger charge is 2.17. The van der Waals surface area contributed by atoms with Gasteiger partial charge in [0.25, 0.3) is 0 Å². The molecule has 0 bridgehead atoms. The van der Waals surface area contributed by atoms with E-state index in [0.29, 0.717) is 12.1 Å². The molecule has 106 valence electrons. The van der Waals surface area contributed by atoms with Gasteiger partial charge in [-0.25, -0.2) is 0 Å². The Morgan fingerprint density at radius 3 is 3.00 bits per heavy atom. The van der Waals surface area contributed by atoms with Gasteiger partial charge >= 0.3 is 0 Å². The van der Waals surface area contributed by atoms with Crippen LogP contribution in [0.5, 0.6) is 5.75 Å². The lowest BCUT2D eigenvalue weighted by molar-refractivity contribution is 0.273. The van der Waals surface area contributed by atoms with Crippen molar-refractivity contribution >= 4 is 0 Å². The van der Waals surface area contributed by atoms with Crippen LogP contribution in [0.4, 0.5) is 0 Å². The summed E-state index contributed by atoms with van der Waals surface area (Å²) in [5.41, 5.74) is 2.68. The average molecular weight is 263 g/mol. The van der Waals surface area contributed by atoms with Crippen molar-refractivity contribution in [3.05, 3.63) is 29.3 Å². The van der Waals surface area contributed by atoms with Crippen molar-refractivity contribution in [3.63, 3.8) is 0 Å². The molecular weight excluding hydrogens is 238 g/mol. The molecule has 2 rings (SSSR count). The summed E-state index contributed by atoms with van der Waals surface area (Å²) in [5, 5.41) is 12.5. The first-order chi connectivity index (χ1) is 9.24. The van der Waals surface area contributed by atoms with Crippen LogP contribution in [0.3, 0.4) is 0 Å². The number of rotatable bonds is 7. The SMILES string of the molecule is CCC(NC(C)CCCO)c1ccc2c(c1)CCO2. The van der Waals surface area contributed by atoms with Crippen LogP contribution in [0.1, 0.15) is 50.3 Å². The molecule has 0 radical (unpaired) electrons. The Morgan fingerprint density at radius 2 is 2.26 bits per heavy atom. The van der Waals surface area contributed by atoms with E-state index in [2.05, 4.69) is 37.4 Å². The third-order valence-corrected chi connectivity index (χ3v) is 3.81. The summed E-state index contributed by atoms with van der Waals surface area (Å²) in [7, 11) is 0. The van der Waals surface area contributed by atoms with Gasteiger partial charge in [0.1, 0.15) is 5.75 Å². The quantitative estimate of drug-likeness (QED) is 0.795. The maximum atomic E-state index is 8.89. The lowest BCUT2D eigenvalue weighted by atomic mass is 9.99. The predicted octanol–water partition coefficient (Wildman–Crippen LogP) is 2.82. The maximum Gasteiger partial charge on any atom is 0.122 e. The number of aliphatic hydroxyl groups excluding tert-OH is 1. The zero-order valence-electron chi connectivity index (χ0n) is 12.0. The fourth-order valence-electron chi connectivity index (χ4n) is 2.70. The number of hydrogen-bond donors (Lipinski definition) is 2. The number of ether oxygens (including phenoxy) is 1. The normalized spacial score (nSPS) is 16.8. The molecule has 0 aromatic heterocycles. The molecule has 0 fully saturated rings. The summed E-state index contributed by atoms with van der Waals surface area (Å²) in [6.45, 7) is 5.49. The summed E-state index contributed by atoms with van der Waals surface area (Å²) >= 11 is 0. The Bertz CT molecular complexity index is 406. The van der Waals surface area contributed by atoms with E-state index in [-0.39, 0.29) is 6.61 Å². The molecule has 2 N–H and O–H groups in total. The third-order valence-electron chi connectivity index (χ3n) is 3.81. The van der Waals surface area contributed by atoms with Crippen molar-refractivity contribution in [1.82, 2.24) is 5.32 Å². The van der Waals surface area contributed by atoms with Gasteiger partial charge in [-0.2, -0.15) is 0 Å². The van der Waals surface area contributed by atoms with Gasteiger partial charge in [0.05, 0.1) is 6.61 Å². The summed E-state index contributed by atoms with van der Waals surface area (Å²) in [6.07, 6.45) is 3.98. The van der Waals surface area contributed by atoms with E-state index in [4.69, 9.17) is 9.84 Å². The zero-order valence-corrected chi connectivity index (χ0v) is 12.0. The van der Waals surface area contributed by atoms with Crippen molar-refractivity contribution in [2.75, 3.05) is 13.2 Å². The minimum atomic E-state index is 0.277. The molecule has 1 aliphatic rings. The number of hydrogen-bond acceptors (Lipinski definition) is 3. The molecule has 0 spiro atoms. The standard InChI is InChI=1S/C16H25NO2/c1-3-15(17-12(2)5-4-9-18)13-6-7-16-14(11-13)8-10-19-16/h6-7,11-12,15,17-18H,3-5,8-10H2,1-2H3. The van der Waals surface area contributed by atoms with Gasteiger partial charge in [-0.15, -0.1) is 0 Å². The first-order valence-electron chi connectivity index (χ1n) is 7.37. The van der Waals surface area contributed by atoms with Gasteiger partial charge in [-0.3, -0.25) is 0 Å². The Morgan fingerprint density at radius 1 is 1.42 bits per heavy atom. The summed E-state index contributed by atoms with van der Waals surface area (Å²) < 4.78 is 5.55. The fourth-order valence-corrected chi connectivity index (χ4v) is 2.70. The predicted molar refractivity (Wildman–Crippen MR) is 77.6 cm³/mol. The Balaban J connectivity index is 2.00. The highest BCUT2D eigenvalue weighted by Crippen LogP contribution is 2.29. The lowest BCUT2D eigenvalue weighted by Crippen LogP contribution is -2.30. The second kappa shape index (κ2) is 6.92. The molecule has 2 atom stereocenters. The molecule has 3 heteroatoms. The van der Waals surface area contributed by atoms with Crippen LogP contribution in [0.15, 0.2) is 18.2 Å². The highest BCUT2D eigenvalue weighted by molar-refractivity contribution is 5.40. The van der Waals surface area contributed by atoms with Crippen LogP contribution in [0.25, 0.3) is 0 Å². The Labute approximate surface area is 116 Å². The van der Waals surface area contributed by atoms with Gasteiger partial charge in [-0.05, 0) is 43.4 Å². The number of benzene rings is 1. The molecule has 2 unspecified atom stereocenters. The van der Waals surface area contributed by atoms with Gasteiger partial charge in [-0.1, -0.05) is 19.1 Å².